The molecule has 0 saturated carbocycles. The first-order valence-corrected chi connectivity index (χ1v) is 9.23. The van der Waals surface area contributed by atoms with Gasteiger partial charge in [-0.1, -0.05) is 6.92 Å². The summed E-state index contributed by atoms with van der Waals surface area (Å²) in [5.74, 6) is 3.29. The molecule has 0 bridgehead atoms. The van der Waals surface area contributed by atoms with Gasteiger partial charge in [0, 0.05) is 31.7 Å². The highest BCUT2D eigenvalue weighted by molar-refractivity contribution is 5.35. The van der Waals surface area contributed by atoms with Gasteiger partial charge in [-0.05, 0) is 44.2 Å². The van der Waals surface area contributed by atoms with Crippen LogP contribution >= 0.6 is 0 Å². The summed E-state index contributed by atoms with van der Waals surface area (Å²) in [7, 11) is 0. The largest absolute Gasteiger partial charge is 0.465 e. The maximum absolute atomic E-state index is 12.5. The molecule has 0 spiro atoms. The Kier molecular flexibility index (Phi) is 4.37. The fourth-order valence-electron chi connectivity index (χ4n) is 3.94. The van der Waals surface area contributed by atoms with Crippen molar-refractivity contribution in [3.8, 4) is 0 Å². The second kappa shape index (κ2) is 6.67. The van der Waals surface area contributed by atoms with Crippen LogP contribution < -0.4 is 10.5 Å². The van der Waals surface area contributed by atoms with E-state index >= 15 is 0 Å². The molecule has 1 fully saturated rings. The minimum atomic E-state index is 0.0340. The highest BCUT2D eigenvalue weighted by atomic mass is 16.3. The van der Waals surface area contributed by atoms with Crippen LogP contribution in [0.1, 0.15) is 42.5 Å². The summed E-state index contributed by atoms with van der Waals surface area (Å²) in [4.78, 5) is 24.9. The van der Waals surface area contributed by atoms with E-state index in [0.29, 0.717) is 12.5 Å². The van der Waals surface area contributed by atoms with Gasteiger partial charge in [0.1, 0.15) is 11.5 Å². The minimum Gasteiger partial charge on any atom is -0.465 e. The zero-order valence-corrected chi connectivity index (χ0v) is 15.0. The van der Waals surface area contributed by atoms with E-state index in [1.807, 2.05) is 19.1 Å². The Hall–Kier alpha value is -2.08. The first-order chi connectivity index (χ1) is 12.1. The normalized spacial score (nSPS) is 21.4. The molecule has 0 radical (unpaired) electrons. The molecule has 1 N–H and O–H groups in total. The number of H-pyrrole nitrogens is 1. The number of hydrogen-bond acceptors (Lipinski definition) is 5. The number of anilines is 1. The number of hydrogen-bond donors (Lipinski definition) is 1. The lowest BCUT2D eigenvalue weighted by molar-refractivity contribution is 0.220. The van der Waals surface area contributed by atoms with Gasteiger partial charge in [0.25, 0.3) is 5.56 Å². The van der Waals surface area contributed by atoms with E-state index in [0.717, 1.165) is 67.7 Å². The van der Waals surface area contributed by atoms with Crippen molar-refractivity contribution in [2.24, 2.45) is 5.92 Å². The van der Waals surface area contributed by atoms with Crippen LogP contribution in [0.15, 0.2) is 21.3 Å². The van der Waals surface area contributed by atoms with E-state index in [1.54, 1.807) is 0 Å². The lowest BCUT2D eigenvalue weighted by Crippen LogP contribution is -2.39. The fourth-order valence-corrected chi connectivity index (χ4v) is 3.94. The number of aromatic amines is 1. The number of nitrogens with one attached hydrogen (secondary N) is 1. The molecule has 0 aliphatic carbocycles. The Morgan fingerprint density at radius 1 is 1.36 bits per heavy atom. The molecule has 0 aromatic carbocycles. The lowest BCUT2D eigenvalue weighted by Gasteiger charge is -2.33. The number of rotatable bonds is 3. The van der Waals surface area contributed by atoms with Crippen molar-refractivity contribution in [1.29, 1.82) is 0 Å². The molecular weight excluding hydrogens is 316 g/mol. The van der Waals surface area contributed by atoms with Crippen molar-refractivity contribution in [3.05, 3.63) is 45.3 Å². The highest BCUT2D eigenvalue weighted by Gasteiger charge is 2.24. The third-order valence-electron chi connectivity index (χ3n) is 5.27. The van der Waals surface area contributed by atoms with Crippen LogP contribution in [0.25, 0.3) is 0 Å². The maximum atomic E-state index is 12.5. The number of fused-ring (bicyclic) bond motifs is 1. The Bertz CT molecular complexity index is 810. The monoisotopic (exact) mass is 342 g/mol. The average Bonchev–Trinajstić information content (AvgIpc) is 2.99. The number of aryl methyl sites for hydroxylation is 1. The molecule has 6 nitrogen and oxygen atoms in total. The smallest absolute Gasteiger partial charge is 0.255 e. The predicted molar refractivity (Wildman–Crippen MR) is 96.7 cm³/mol. The van der Waals surface area contributed by atoms with Crippen LogP contribution in [0, 0.1) is 12.8 Å². The molecule has 0 unspecified atom stereocenters. The zero-order valence-electron chi connectivity index (χ0n) is 15.0. The van der Waals surface area contributed by atoms with Gasteiger partial charge in [-0.15, -0.1) is 0 Å². The molecule has 2 aliphatic heterocycles. The van der Waals surface area contributed by atoms with Crippen molar-refractivity contribution in [3.63, 3.8) is 0 Å². The second-order valence-corrected chi connectivity index (χ2v) is 7.48. The van der Waals surface area contributed by atoms with Gasteiger partial charge in [-0.25, -0.2) is 4.98 Å². The van der Waals surface area contributed by atoms with E-state index in [9.17, 15) is 4.79 Å². The predicted octanol–water partition coefficient (Wildman–Crippen LogP) is 2.47. The third-order valence-corrected chi connectivity index (χ3v) is 5.27. The second-order valence-electron chi connectivity index (χ2n) is 7.48. The van der Waals surface area contributed by atoms with Crippen LogP contribution in [-0.2, 0) is 19.5 Å². The summed E-state index contributed by atoms with van der Waals surface area (Å²) in [6.45, 7) is 8.49. The number of furan rings is 1. The van der Waals surface area contributed by atoms with Crippen molar-refractivity contribution in [2.45, 2.75) is 46.2 Å². The molecule has 2 aliphatic rings. The van der Waals surface area contributed by atoms with Gasteiger partial charge >= 0.3 is 0 Å². The van der Waals surface area contributed by atoms with Gasteiger partial charge in [0.2, 0.25) is 5.95 Å². The van der Waals surface area contributed by atoms with Crippen LogP contribution in [0.5, 0.6) is 0 Å². The zero-order chi connectivity index (χ0) is 17.4. The van der Waals surface area contributed by atoms with Gasteiger partial charge in [0.15, 0.2) is 0 Å². The maximum Gasteiger partial charge on any atom is 0.255 e. The highest BCUT2D eigenvalue weighted by Crippen LogP contribution is 2.22. The van der Waals surface area contributed by atoms with Crippen LogP contribution in [0.4, 0.5) is 5.95 Å². The van der Waals surface area contributed by atoms with E-state index in [4.69, 9.17) is 9.40 Å². The summed E-state index contributed by atoms with van der Waals surface area (Å²) in [5.41, 5.74) is 1.80. The van der Waals surface area contributed by atoms with Crippen molar-refractivity contribution >= 4 is 5.95 Å². The molecule has 4 rings (SSSR count). The minimum absolute atomic E-state index is 0.0340. The lowest BCUT2D eigenvalue weighted by atomic mass is 10.0. The van der Waals surface area contributed by atoms with Crippen LogP contribution in [-0.4, -0.2) is 34.5 Å². The molecule has 1 atom stereocenters. The standard InChI is InChI=1S/C19H26N4O2/c1-13-4-3-8-23(10-13)19-20-17-12-22(9-7-16(17)18(24)21-19)11-15-6-5-14(2)25-15/h5-6,13H,3-4,7-12H2,1-2H3,(H,20,21,24)/t13-/m0/s1. The van der Waals surface area contributed by atoms with Crippen molar-refractivity contribution in [1.82, 2.24) is 14.9 Å². The Balaban J connectivity index is 1.55. The molecular formula is C19H26N4O2. The first-order valence-electron chi connectivity index (χ1n) is 9.23. The van der Waals surface area contributed by atoms with E-state index in [-0.39, 0.29) is 5.56 Å². The van der Waals surface area contributed by atoms with E-state index < -0.39 is 0 Å². The first kappa shape index (κ1) is 16.4. The van der Waals surface area contributed by atoms with E-state index in [2.05, 4.69) is 21.7 Å². The molecule has 6 heteroatoms. The van der Waals surface area contributed by atoms with Crippen molar-refractivity contribution in [2.75, 3.05) is 24.5 Å². The van der Waals surface area contributed by atoms with Gasteiger partial charge in [-0.3, -0.25) is 14.7 Å². The Morgan fingerprint density at radius 3 is 3.00 bits per heavy atom. The van der Waals surface area contributed by atoms with Gasteiger partial charge in [-0.2, -0.15) is 0 Å². The molecule has 134 valence electrons. The summed E-state index contributed by atoms with van der Waals surface area (Å²) in [6, 6.07) is 4.02. The molecule has 2 aromatic rings. The average molecular weight is 342 g/mol. The SMILES string of the molecule is Cc1ccc(CN2CCc3c(nc(N4CCC[C@H](C)C4)[nH]c3=O)C2)o1. The van der Waals surface area contributed by atoms with Crippen LogP contribution in [0.2, 0.25) is 0 Å². The fraction of sp³-hybridized carbons (Fsp3) is 0.579. The topological polar surface area (TPSA) is 65.4 Å². The Labute approximate surface area is 147 Å². The number of aromatic nitrogens is 2. The summed E-state index contributed by atoms with van der Waals surface area (Å²) in [5, 5.41) is 0. The van der Waals surface area contributed by atoms with Crippen molar-refractivity contribution < 1.29 is 4.42 Å². The molecule has 25 heavy (non-hydrogen) atoms. The summed E-state index contributed by atoms with van der Waals surface area (Å²) < 4.78 is 5.69. The third kappa shape index (κ3) is 3.49. The van der Waals surface area contributed by atoms with E-state index in [1.165, 1.54) is 6.42 Å². The van der Waals surface area contributed by atoms with Gasteiger partial charge in [0.05, 0.1) is 12.2 Å². The molecule has 1 saturated heterocycles. The van der Waals surface area contributed by atoms with Gasteiger partial charge < -0.3 is 9.32 Å². The molecule has 2 aromatic heterocycles. The summed E-state index contributed by atoms with van der Waals surface area (Å²) in [6.07, 6.45) is 3.15. The number of nitrogens with zero attached hydrogens (tertiary/aromatic N) is 3. The number of piperidine rings is 1. The quantitative estimate of drug-likeness (QED) is 0.928. The molecule has 4 heterocycles. The summed E-state index contributed by atoms with van der Waals surface area (Å²) >= 11 is 0. The van der Waals surface area contributed by atoms with Crippen LogP contribution in [0.3, 0.4) is 0 Å². The molecule has 0 amide bonds. The Morgan fingerprint density at radius 2 is 2.24 bits per heavy atom.